The minimum atomic E-state index is 0.0720. The SMILES string of the molecule is Cc1ccccc1OCCn1cnc2sc3c(c2c1=O)CCC3. The van der Waals surface area contributed by atoms with Crippen LogP contribution in [-0.4, -0.2) is 16.2 Å². The summed E-state index contributed by atoms with van der Waals surface area (Å²) >= 11 is 1.68. The molecular weight excluding hydrogens is 308 g/mol. The highest BCUT2D eigenvalue weighted by atomic mass is 32.1. The van der Waals surface area contributed by atoms with Crippen molar-refractivity contribution in [1.82, 2.24) is 9.55 Å². The average Bonchev–Trinajstić information content (AvgIpc) is 3.12. The van der Waals surface area contributed by atoms with Gasteiger partial charge in [0.2, 0.25) is 0 Å². The molecule has 23 heavy (non-hydrogen) atoms. The largest absolute Gasteiger partial charge is 0.491 e. The van der Waals surface area contributed by atoms with Crippen LogP contribution < -0.4 is 10.3 Å². The maximum absolute atomic E-state index is 12.7. The summed E-state index contributed by atoms with van der Waals surface area (Å²) in [5, 5.41) is 0.834. The molecule has 0 spiro atoms. The third kappa shape index (κ3) is 2.55. The van der Waals surface area contributed by atoms with E-state index in [1.807, 2.05) is 31.2 Å². The van der Waals surface area contributed by atoms with Crippen LogP contribution in [0.25, 0.3) is 10.2 Å². The molecular formula is C18H18N2O2S. The zero-order chi connectivity index (χ0) is 15.8. The van der Waals surface area contributed by atoms with Crippen molar-refractivity contribution in [2.45, 2.75) is 32.7 Å². The van der Waals surface area contributed by atoms with Crippen molar-refractivity contribution >= 4 is 21.6 Å². The molecule has 0 amide bonds. The molecule has 0 fully saturated rings. The van der Waals surface area contributed by atoms with Crippen LogP contribution >= 0.6 is 11.3 Å². The van der Waals surface area contributed by atoms with Crippen LogP contribution in [0.15, 0.2) is 35.4 Å². The molecule has 2 aromatic heterocycles. The van der Waals surface area contributed by atoms with Gasteiger partial charge >= 0.3 is 0 Å². The Labute approximate surface area is 138 Å². The molecule has 3 aromatic rings. The maximum Gasteiger partial charge on any atom is 0.262 e. The molecule has 4 nitrogen and oxygen atoms in total. The number of thiophene rings is 1. The standard InChI is InChI=1S/C18H18N2O2S/c1-12-5-2-3-7-14(12)22-10-9-20-11-19-17-16(18(20)21)13-6-4-8-15(13)23-17/h2-3,5,7,11H,4,6,8-10H2,1H3. The summed E-state index contributed by atoms with van der Waals surface area (Å²) in [6.45, 7) is 2.99. The molecule has 0 saturated carbocycles. The monoisotopic (exact) mass is 326 g/mol. The first kappa shape index (κ1) is 14.5. The summed E-state index contributed by atoms with van der Waals surface area (Å²) < 4.78 is 7.47. The molecule has 0 unspecified atom stereocenters. The van der Waals surface area contributed by atoms with Gasteiger partial charge in [0.25, 0.3) is 5.56 Å². The van der Waals surface area contributed by atoms with Gasteiger partial charge in [0, 0.05) is 4.88 Å². The van der Waals surface area contributed by atoms with Crippen LogP contribution in [0.4, 0.5) is 0 Å². The van der Waals surface area contributed by atoms with E-state index in [4.69, 9.17) is 4.74 Å². The number of nitrogens with zero attached hydrogens (tertiary/aromatic N) is 2. The number of hydrogen-bond acceptors (Lipinski definition) is 4. The molecule has 0 radical (unpaired) electrons. The summed E-state index contributed by atoms with van der Waals surface area (Å²) in [6.07, 6.45) is 4.90. The van der Waals surface area contributed by atoms with E-state index in [-0.39, 0.29) is 5.56 Å². The Morgan fingerprint density at radius 3 is 3.04 bits per heavy atom. The summed E-state index contributed by atoms with van der Waals surface area (Å²) in [7, 11) is 0. The summed E-state index contributed by atoms with van der Waals surface area (Å²) in [4.78, 5) is 19.4. The first-order chi connectivity index (χ1) is 11.2. The minimum Gasteiger partial charge on any atom is -0.491 e. The fraction of sp³-hybridized carbons (Fsp3) is 0.333. The number of aromatic nitrogens is 2. The average molecular weight is 326 g/mol. The molecule has 1 aliphatic rings. The van der Waals surface area contributed by atoms with Crippen molar-refractivity contribution in [2.75, 3.05) is 6.61 Å². The van der Waals surface area contributed by atoms with Crippen molar-refractivity contribution in [2.24, 2.45) is 0 Å². The Bertz CT molecular complexity index is 926. The van der Waals surface area contributed by atoms with Gasteiger partial charge in [-0.05, 0) is 43.4 Å². The van der Waals surface area contributed by atoms with Gasteiger partial charge in [0.1, 0.15) is 17.2 Å². The molecule has 0 atom stereocenters. The molecule has 0 aliphatic heterocycles. The van der Waals surface area contributed by atoms with Gasteiger partial charge in [-0.2, -0.15) is 0 Å². The molecule has 0 bridgehead atoms. The highest BCUT2D eigenvalue weighted by molar-refractivity contribution is 7.18. The first-order valence-electron chi connectivity index (χ1n) is 7.92. The third-order valence-corrected chi connectivity index (χ3v) is 5.57. The lowest BCUT2D eigenvalue weighted by molar-refractivity contribution is 0.294. The lowest BCUT2D eigenvalue weighted by Crippen LogP contribution is -2.23. The summed E-state index contributed by atoms with van der Waals surface area (Å²) in [5.41, 5.74) is 2.41. The number of ether oxygens (including phenoxy) is 1. The van der Waals surface area contributed by atoms with Gasteiger partial charge in [-0.1, -0.05) is 18.2 Å². The van der Waals surface area contributed by atoms with E-state index in [9.17, 15) is 4.79 Å². The number of aryl methyl sites for hydroxylation is 3. The number of hydrogen-bond donors (Lipinski definition) is 0. The van der Waals surface area contributed by atoms with Crippen LogP contribution in [0.5, 0.6) is 5.75 Å². The van der Waals surface area contributed by atoms with Gasteiger partial charge in [-0.25, -0.2) is 4.98 Å². The second-order valence-electron chi connectivity index (χ2n) is 5.89. The van der Waals surface area contributed by atoms with E-state index in [1.165, 1.54) is 10.4 Å². The Balaban J connectivity index is 1.57. The van der Waals surface area contributed by atoms with Crippen molar-refractivity contribution < 1.29 is 4.74 Å². The summed E-state index contributed by atoms with van der Waals surface area (Å²) in [6, 6.07) is 7.91. The zero-order valence-corrected chi connectivity index (χ0v) is 13.9. The highest BCUT2D eigenvalue weighted by Crippen LogP contribution is 2.34. The Kier molecular flexibility index (Phi) is 3.65. The molecule has 1 aliphatic carbocycles. The predicted molar refractivity (Wildman–Crippen MR) is 92.6 cm³/mol. The Morgan fingerprint density at radius 1 is 1.30 bits per heavy atom. The van der Waals surface area contributed by atoms with Gasteiger partial charge in [-0.15, -0.1) is 11.3 Å². The Hall–Kier alpha value is -2.14. The molecule has 5 heteroatoms. The van der Waals surface area contributed by atoms with Crippen molar-refractivity contribution in [3.05, 3.63) is 57.0 Å². The number of rotatable bonds is 4. The third-order valence-electron chi connectivity index (χ3n) is 4.38. The molecule has 4 rings (SSSR count). The minimum absolute atomic E-state index is 0.0720. The summed E-state index contributed by atoms with van der Waals surface area (Å²) in [5.74, 6) is 0.867. The van der Waals surface area contributed by atoms with E-state index in [0.717, 1.165) is 40.8 Å². The van der Waals surface area contributed by atoms with Crippen LogP contribution in [-0.2, 0) is 19.4 Å². The quantitative estimate of drug-likeness (QED) is 0.738. The molecule has 118 valence electrons. The predicted octanol–water partition coefficient (Wildman–Crippen LogP) is 3.33. The number of benzene rings is 1. The number of para-hydroxylation sites is 1. The lowest BCUT2D eigenvalue weighted by atomic mass is 10.2. The van der Waals surface area contributed by atoms with Crippen LogP contribution in [0.1, 0.15) is 22.4 Å². The van der Waals surface area contributed by atoms with Gasteiger partial charge in [0.15, 0.2) is 0 Å². The molecule has 0 saturated heterocycles. The fourth-order valence-electron chi connectivity index (χ4n) is 3.15. The van der Waals surface area contributed by atoms with Crippen molar-refractivity contribution in [3.8, 4) is 5.75 Å². The molecule has 0 N–H and O–H groups in total. The maximum atomic E-state index is 12.7. The van der Waals surface area contributed by atoms with E-state index in [1.54, 1.807) is 22.2 Å². The van der Waals surface area contributed by atoms with E-state index in [2.05, 4.69) is 4.98 Å². The second-order valence-corrected chi connectivity index (χ2v) is 6.98. The first-order valence-corrected chi connectivity index (χ1v) is 8.74. The second kappa shape index (κ2) is 5.81. The van der Waals surface area contributed by atoms with E-state index < -0.39 is 0 Å². The van der Waals surface area contributed by atoms with Gasteiger partial charge in [-0.3, -0.25) is 9.36 Å². The zero-order valence-electron chi connectivity index (χ0n) is 13.0. The van der Waals surface area contributed by atoms with Gasteiger partial charge < -0.3 is 4.74 Å². The topological polar surface area (TPSA) is 44.1 Å². The van der Waals surface area contributed by atoms with Crippen molar-refractivity contribution in [1.29, 1.82) is 0 Å². The van der Waals surface area contributed by atoms with Crippen LogP contribution in [0.3, 0.4) is 0 Å². The fourth-order valence-corrected chi connectivity index (χ4v) is 4.37. The lowest BCUT2D eigenvalue weighted by Gasteiger charge is -2.10. The van der Waals surface area contributed by atoms with E-state index >= 15 is 0 Å². The van der Waals surface area contributed by atoms with Gasteiger partial charge in [0.05, 0.1) is 18.3 Å². The molecule has 1 aromatic carbocycles. The van der Waals surface area contributed by atoms with Crippen LogP contribution in [0, 0.1) is 6.92 Å². The highest BCUT2D eigenvalue weighted by Gasteiger charge is 2.21. The Morgan fingerprint density at radius 2 is 2.17 bits per heavy atom. The van der Waals surface area contributed by atoms with Crippen LogP contribution in [0.2, 0.25) is 0 Å². The normalized spacial score (nSPS) is 13.4. The van der Waals surface area contributed by atoms with Crippen molar-refractivity contribution in [3.63, 3.8) is 0 Å². The number of fused-ring (bicyclic) bond motifs is 3. The molecule has 2 heterocycles. The van der Waals surface area contributed by atoms with E-state index in [0.29, 0.717) is 13.2 Å². The smallest absolute Gasteiger partial charge is 0.262 e.